The molecule has 160 valence electrons. The van der Waals surface area contributed by atoms with Crippen LogP contribution in [-0.4, -0.2) is 59.5 Å². The van der Waals surface area contributed by atoms with E-state index in [4.69, 9.17) is 14.5 Å². The highest BCUT2D eigenvalue weighted by atomic mass is 127. The van der Waals surface area contributed by atoms with Crippen molar-refractivity contribution in [1.29, 1.82) is 0 Å². The van der Waals surface area contributed by atoms with Crippen LogP contribution in [0.2, 0.25) is 0 Å². The highest BCUT2D eigenvalue weighted by Crippen LogP contribution is 2.21. The second kappa shape index (κ2) is 11.3. The molecule has 2 heterocycles. The van der Waals surface area contributed by atoms with Gasteiger partial charge in [-0.05, 0) is 26.0 Å². The number of aromatic nitrogens is 2. The van der Waals surface area contributed by atoms with Gasteiger partial charge in [0.1, 0.15) is 23.8 Å². The number of aliphatic imine (C=N–C) groups is 1. The van der Waals surface area contributed by atoms with Crippen molar-refractivity contribution in [2.24, 2.45) is 12.0 Å². The van der Waals surface area contributed by atoms with Gasteiger partial charge in [0.15, 0.2) is 5.96 Å². The van der Waals surface area contributed by atoms with Crippen molar-refractivity contribution in [3.8, 4) is 5.75 Å². The van der Waals surface area contributed by atoms with Gasteiger partial charge in [-0.15, -0.1) is 24.0 Å². The first-order chi connectivity index (χ1) is 13.5. The smallest absolute Gasteiger partial charge is 0.194 e. The zero-order valence-corrected chi connectivity index (χ0v) is 19.4. The summed E-state index contributed by atoms with van der Waals surface area (Å²) in [5.41, 5.74) is 1.06. The number of hydrogen-bond acceptors (Lipinski definition) is 4. The minimum Gasteiger partial charge on any atom is -0.489 e. The Morgan fingerprint density at radius 3 is 3.00 bits per heavy atom. The molecule has 0 bridgehead atoms. The van der Waals surface area contributed by atoms with Crippen molar-refractivity contribution in [3.63, 3.8) is 0 Å². The second-order valence-electron chi connectivity index (χ2n) is 6.83. The molecule has 2 atom stereocenters. The van der Waals surface area contributed by atoms with Gasteiger partial charge in [-0.2, -0.15) is 5.10 Å². The predicted octanol–water partition coefficient (Wildman–Crippen LogP) is 2.98. The normalized spacial score (nSPS) is 18.1. The van der Waals surface area contributed by atoms with E-state index in [9.17, 15) is 4.39 Å². The summed E-state index contributed by atoms with van der Waals surface area (Å²) in [6, 6.07) is 6.16. The number of morpholine rings is 1. The number of halogens is 2. The molecule has 1 aliphatic rings. The molecule has 29 heavy (non-hydrogen) atoms. The van der Waals surface area contributed by atoms with Crippen LogP contribution in [0.5, 0.6) is 5.75 Å². The molecular weight excluding hydrogens is 488 g/mol. The van der Waals surface area contributed by atoms with E-state index in [1.807, 2.05) is 33.3 Å². The summed E-state index contributed by atoms with van der Waals surface area (Å²) in [6.07, 6.45) is 3.61. The third-order valence-electron chi connectivity index (χ3n) is 4.43. The molecule has 1 fully saturated rings. The first-order valence-corrected chi connectivity index (χ1v) is 9.60. The number of guanidine groups is 1. The van der Waals surface area contributed by atoms with E-state index in [-0.39, 0.29) is 42.0 Å². The Morgan fingerprint density at radius 1 is 1.48 bits per heavy atom. The van der Waals surface area contributed by atoms with E-state index in [1.165, 1.54) is 12.1 Å². The molecule has 1 saturated heterocycles. The van der Waals surface area contributed by atoms with Gasteiger partial charge in [0, 0.05) is 38.0 Å². The van der Waals surface area contributed by atoms with Crippen molar-refractivity contribution in [2.75, 3.05) is 32.8 Å². The van der Waals surface area contributed by atoms with Crippen LogP contribution in [0.3, 0.4) is 0 Å². The molecule has 0 spiro atoms. The van der Waals surface area contributed by atoms with Crippen LogP contribution in [0.25, 0.3) is 0 Å². The zero-order valence-electron chi connectivity index (χ0n) is 17.0. The second-order valence-corrected chi connectivity index (χ2v) is 6.83. The Morgan fingerprint density at radius 2 is 2.31 bits per heavy atom. The molecule has 2 aromatic rings. The average molecular weight is 517 g/mol. The molecule has 7 nitrogen and oxygen atoms in total. The van der Waals surface area contributed by atoms with Crippen LogP contribution in [-0.2, 0) is 11.8 Å². The third kappa shape index (κ3) is 6.84. The maximum atomic E-state index is 13.3. The lowest BCUT2D eigenvalue weighted by molar-refractivity contribution is -0.00808. The molecule has 1 aliphatic heterocycles. The quantitative estimate of drug-likeness (QED) is 0.363. The number of nitrogens with zero attached hydrogens (tertiary/aromatic N) is 4. The summed E-state index contributed by atoms with van der Waals surface area (Å²) in [6.45, 7) is 7.30. The summed E-state index contributed by atoms with van der Waals surface area (Å²) < 4.78 is 26.8. The number of benzene rings is 1. The van der Waals surface area contributed by atoms with Crippen LogP contribution in [0.15, 0.2) is 41.7 Å². The lowest BCUT2D eigenvalue weighted by Crippen LogP contribution is -2.48. The van der Waals surface area contributed by atoms with E-state index in [2.05, 4.69) is 15.3 Å². The lowest BCUT2D eigenvalue weighted by Gasteiger charge is -2.35. The predicted molar refractivity (Wildman–Crippen MR) is 121 cm³/mol. The molecule has 9 heteroatoms. The number of hydrogen-bond donors (Lipinski definition) is 1. The maximum Gasteiger partial charge on any atom is 0.194 e. The standard InChI is InChI=1S/C20H28FN5O2.HI/c1-4-22-20(23-11-15(2)28-18-7-5-6-17(21)10-18)26-8-9-27-19(14-26)16-12-24-25(3)13-16;/h5-7,10,12-13,15,19H,4,8-9,11,14H2,1-3H3,(H,22,23);1H. The van der Waals surface area contributed by atoms with Crippen LogP contribution >= 0.6 is 24.0 Å². The average Bonchev–Trinajstić information content (AvgIpc) is 3.12. The van der Waals surface area contributed by atoms with E-state index in [1.54, 1.807) is 16.8 Å². The van der Waals surface area contributed by atoms with Gasteiger partial charge in [-0.1, -0.05) is 6.07 Å². The van der Waals surface area contributed by atoms with Crippen molar-refractivity contribution >= 4 is 29.9 Å². The van der Waals surface area contributed by atoms with Crippen molar-refractivity contribution in [2.45, 2.75) is 26.1 Å². The van der Waals surface area contributed by atoms with Gasteiger partial charge in [0.05, 0.1) is 25.9 Å². The lowest BCUT2D eigenvalue weighted by atomic mass is 10.1. The zero-order chi connectivity index (χ0) is 19.9. The van der Waals surface area contributed by atoms with Crippen LogP contribution < -0.4 is 10.1 Å². The molecular formula is C20H29FIN5O2. The molecule has 2 unspecified atom stereocenters. The van der Waals surface area contributed by atoms with Crippen molar-refractivity contribution < 1.29 is 13.9 Å². The molecule has 0 amide bonds. The van der Waals surface area contributed by atoms with Gasteiger partial charge in [0.2, 0.25) is 0 Å². The third-order valence-corrected chi connectivity index (χ3v) is 4.43. The molecule has 3 rings (SSSR count). The van der Waals surface area contributed by atoms with Crippen molar-refractivity contribution in [3.05, 3.63) is 48.0 Å². The van der Waals surface area contributed by atoms with Gasteiger partial charge >= 0.3 is 0 Å². The number of nitrogens with one attached hydrogen (secondary N) is 1. The molecule has 1 N–H and O–H groups in total. The Labute approximate surface area is 188 Å². The van der Waals surface area contributed by atoms with E-state index in [0.717, 1.165) is 24.6 Å². The Hall–Kier alpha value is -1.88. The van der Waals surface area contributed by atoms with Crippen LogP contribution in [0, 0.1) is 5.82 Å². The largest absolute Gasteiger partial charge is 0.489 e. The monoisotopic (exact) mass is 517 g/mol. The number of rotatable bonds is 6. The van der Waals surface area contributed by atoms with Gasteiger partial charge in [0.25, 0.3) is 0 Å². The first-order valence-electron chi connectivity index (χ1n) is 9.60. The van der Waals surface area contributed by atoms with E-state index < -0.39 is 0 Å². The number of ether oxygens (including phenoxy) is 2. The summed E-state index contributed by atoms with van der Waals surface area (Å²) in [4.78, 5) is 6.92. The highest BCUT2D eigenvalue weighted by Gasteiger charge is 2.25. The summed E-state index contributed by atoms with van der Waals surface area (Å²) >= 11 is 0. The number of aryl methyl sites for hydroxylation is 1. The molecule has 1 aromatic heterocycles. The summed E-state index contributed by atoms with van der Waals surface area (Å²) in [5, 5.41) is 7.57. The fourth-order valence-corrected chi connectivity index (χ4v) is 3.10. The summed E-state index contributed by atoms with van der Waals surface area (Å²) in [5.74, 6) is 1.03. The first kappa shape index (κ1) is 23.4. The topological polar surface area (TPSA) is 63.9 Å². The Kier molecular flexibility index (Phi) is 9.15. The van der Waals surface area contributed by atoms with Crippen LogP contribution in [0.4, 0.5) is 4.39 Å². The Balaban J connectivity index is 0.00000300. The van der Waals surface area contributed by atoms with Crippen LogP contribution in [0.1, 0.15) is 25.5 Å². The molecule has 0 radical (unpaired) electrons. The molecule has 0 aliphatic carbocycles. The fraction of sp³-hybridized carbons (Fsp3) is 0.500. The van der Waals surface area contributed by atoms with Gasteiger partial charge in [-0.3, -0.25) is 4.68 Å². The minimum atomic E-state index is -0.309. The van der Waals surface area contributed by atoms with E-state index in [0.29, 0.717) is 25.4 Å². The molecule has 0 saturated carbocycles. The minimum absolute atomic E-state index is 0. The van der Waals surface area contributed by atoms with Crippen molar-refractivity contribution in [1.82, 2.24) is 20.0 Å². The van der Waals surface area contributed by atoms with E-state index >= 15 is 0 Å². The molecule has 1 aromatic carbocycles. The Bertz CT molecular complexity index is 801. The fourth-order valence-electron chi connectivity index (χ4n) is 3.10. The SMILES string of the molecule is CCNC(=NCC(C)Oc1cccc(F)c1)N1CCOC(c2cnn(C)c2)C1.I. The maximum absolute atomic E-state index is 13.3. The highest BCUT2D eigenvalue weighted by molar-refractivity contribution is 14.0. The summed E-state index contributed by atoms with van der Waals surface area (Å²) in [7, 11) is 1.90. The van der Waals surface area contributed by atoms with Gasteiger partial charge < -0.3 is 19.7 Å². The van der Waals surface area contributed by atoms with Gasteiger partial charge in [-0.25, -0.2) is 9.38 Å².